The van der Waals surface area contributed by atoms with Crippen LogP contribution in [0.25, 0.3) is 0 Å². The highest BCUT2D eigenvalue weighted by molar-refractivity contribution is 6.05. The Morgan fingerprint density at radius 3 is 2.65 bits per heavy atom. The molecule has 1 amide bonds. The molecular formula is C20H27N5O. The summed E-state index contributed by atoms with van der Waals surface area (Å²) in [5.74, 6) is -0.0774. The second-order valence-corrected chi connectivity index (χ2v) is 7.66. The molecule has 2 aliphatic rings. The van der Waals surface area contributed by atoms with Crippen molar-refractivity contribution in [3.8, 4) is 0 Å². The molecule has 0 radical (unpaired) electrons. The number of amides is 1. The number of nitrogens with one attached hydrogen (secondary N) is 2. The van der Waals surface area contributed by atoms with E-state index in [4.69, 9.17) is 0 Å². The van der Waals surface area contributed by atoms with E-state index in [9.17, 15) is 4.79 Å². The van der Waals surface area contributed by atoms with Crippen molar-refractivity contribution in [2.45, 2.75) is 45.3 Å². The molecule has 1 aromatic carbocycles. The van der Waals surface area contributed by atoms with Gasteiger partial charge in [-0.2, -0.15) is 5.10 Å². The summed E-state index contributed by atoms with van der Waals surface area (Å²) in [7, 11) is 1.89. The Balaban J connectivity index is 1.46. The summed E-state index contributed by atoms with van der Waals surface area (Å²) in [6.07, 6.45) is 2.57. The molecular weight excluding hydrogens is 326 g/mol. The van der Waals surface area contributed by atoms with Crippen molar-refractivity contribution in [2.24, 2.45) is 7.05 Å². The third kappa shape index (κ3) is 3.39. The van der Waals surface area contributed by atoms with Crippen molar-refractivity contribution in [2.75, 3.05) is 18.4 Å². The molecule has 0 spiro atoms. The first-order chi connectivity index (χ1) is 12.5. The first kappa shape index (κ1) is 17.2. The molecule has 2 atom stereocenters. The van der Waals surface area contributed by atoms with Crippen molar-refractivity contribution in [1.29, 1.82) is 0 Å². The van der Waals surface area contributed by atoms with Gasteiger partial charge in [0.1, 0.15) is 0 Å². The van der Waals surface area contributed by atoms with Gasteiger partial charge in [0.15, 0.2) is 0 Å². The molecule has 2 fully saturated rings. The van der Waals surface area contributed by atoms with Crippen LogP contribution in [0.2, 0.25) is 0 Å². The molecule has 1 aromatic heterocycles. The summed E-state index contributed by atoms with van der Waals surface area (Å²) in [6, 6.07) is 9.25. The normalized spacial score (nSPS) is 22.6. The van der Waals surface area contributed by atoms with Crippen LogP contribution in [-0.2, 0) is 13.6 Å². The molecule has 2 N–H and O–H groups in total. The van der Waals surface area contributed by atoms with Crippen LogP contribution < -0.4 is 10.6 Å². The van der Waals surface area contributed by atoms with Crippen molar-refractivity contribution < 1.29 is 4.79 Å². The summed E-state index contributed by atoms with van der Waals surface area (Å²) in [4.78, 5) is 15.2. The van der Waals surface area contributed by atoms with Crippen LogP contribution in [0.15, 0.2) is 24.3 Å². The largest absolute Gasteiger partial charge is 0.319 e. The van der Waals surface area contributed by atoms with Gasteiger partial charge in [0.2, 0.25) is 0 Å². The van der Waals surface area contributed by atoms with Crippen molar-refractivity contribution in [1.82, 2.24) is 20.0 Å². The SMILES string of the molecule is Cc1nn(C)c(C)c1NC(=O)c1cccc(CN2C[C@H]3CC[C@@H](C2)N3)c1. The number of aromatic nitrogens is 2. The number of hydrogen-bond acceptors (Lipinski definition) is 4. The summed E-state index contributed by atoms with van der Waals surface area (Å²) >= 11 is 0. The zero-order valence-corrected chi connectivity index (χ0v) is 15.7. The van der Waals surface area contributed by atoms with E-state index in [-0.39, 0.29) is 5.91 Å². The fourth-order valence-electron chi connectivity index (χ4n) is 4.23. The van der Waals surface area contributed by atoms with E-state index in [1.807, 2.05) is 39.1 Å². The van der Waals surface area contributed by atoms with E-state index >= 15 is 0 Å². The fraction of sp³-hybridized carbons (Fsp3) is 0.500. The Hall–Kier alpha value is -2.18. The van der Waals surface area contributed by atoms with Crippen LogP contribution in [-0.4, -0.2) is 45.8 Å². The quantitative estimate of drug-likeness (QED) is 0.885. The highest BCUT2D eigenvalue weighted by Crippen LogP contribution is 2.22. The Kier molecular flexibility index (Phi) is 4.54. The van der Waals surface area contributed by atoms with Gasteiger partial charge >= 0.3 is 0 Å². The Morgan fingerprint density at radius 2 is 2.00 bits per heavy atom. The zero-order valence-electron chi connectivity index (χ0n) is 15.7. The van der Waals surface area contributed by atoms with Gasteiger partial charge in [0.05, 0.1) is 17.1 Å². The van der Waals surface area contributed by atoms with Crippen molar-refractivity contribution in [3.05, 3.63) is 46.8 Å². The van der Waals surface area contributed by atoms with Crippen LogP contribution in [0.3, 0.4) is 0 Å². The average Bonchev–Trinajstić information content (AvgIpc) is 3.08. The van der Waals surface area contributed by atoms with Gasteiger partial charge in [0.25, 0.3) is 5.91 Å². The van der Waals surface area contributed by atoms with Crippen LogP contribution >= 0.6 is 0 Å². The Labute approximate surface area is 154 Å². The van der Waals surface area contributed by atoms with Gasteiger partial charge in [-0.15, -0.1) is 0 Å². The first-order valence-electron chi connectivity index (χ1n) is 9.38. The van der Waals surface area contributed by atoms with Crippen LogP contribution in [0.1, 0.15) is 40.2 Å². The first-order valence-corrected chi connectivity index (χ1v) is 9.38. The van der Waals surface area contributed by atoms with Crippen molar-refractivity contribution in [3.63, 3.8) is 0 Å². The average molecular weight is 353 g/mol. The molecule has 2 saturated heterocycles. The predicted molar refractivity (Wildman–Crippen MR) is 102 cm³/mol. The minimum atomic E-state index is -0.0774. The molecule has 0 unspecified atom stereocenters. The molecule has 2 bridgehead atoms. The van der Waals surface area contributed by atoms with E-state index in [1.54, 1.807) is 4.68 Å². The Bertz CT molecular complexity index is 816. The lowest BCUT2D eigenvalue weighted by molar-refractivity contribution is 0.102. The van der Waals surface area contributed by atoms with E-state index in [1.165, 1.54) is 18.4 Å². The van der Waals surface area contributed by atoms with Gasteiger partial charge in [0, 0.05) is 44.3 Å². The molecule has 4 rings (SSSR count). The minimum absolute atomic E-state index is 0.0774. The monoisotopic (exact) mass is 353 g/mol. The van der Waals surface area contributed by atoms with Gasteiger partial charge in [-0.1, -0.05) is 12.1 Å². The van der Waals surface area contributed by atoms with E-state index < -0.39 is 0 Å². The van der Waals surface area contributed by atoms with Gasteiger partial charge in [-0.05, 0) is 44.4 Å². The van der Waals surface area contributed by atoms with Crippen LogP contribution in [0.4, 0.5) is 5.69 Å². The molecule has 2 aliphatic heterocycles. The second-order valence-electron chi connectivity index (χ2n) is 7.66. The number of piperazine rings is 1. The highest BCUT2D eigenvalue weighted by atomic mass is 16.1. The number of aryl methyl sites for hydroxylation is 2. The van der Waals surface area contributed by atoms with Crippen molar-refractivity contribution >= 4 is 11.6 Å². The molecule has 6 heteroatoms. The molecule has 3 heterocycles. The maximum absolute atomic E-state index is 12.7. The molecule has 6 nitrogen and oxygen atoms in total. The molecule has 2 aromatic rings. The molecule has 0 saturated carbocycles. The number of nitrogens with zero attached hydrogens (tertiary/aromatic N) is 3. The summed E-state index contributed by atoms with van der Waals surface area (Å²) in [5, 5.41) is 11.0. The number of anilines is 1. The van der Waals surface area contributed by atoms with E-state index in [0.717, 1.165) is 36.7 Å². The number of rotatable bonds is 4. The topological polar surface area (TPSA) is 62.2 Å². The zero-order chi connectivity index (χ0) is 18.3. The third-order valence-electron chi connectivity index (χ3n) is 5.64. The Morgan fingerprint density at radius 1 is 1.27 bits per heavy atom. The smallest absolute Gasteiger partial charge is 0.255 e. The number of carbonyl (C=O) groups is 1. The van der Waals surface area contributed by atoms with E-state index in [2.05, 4.69) is 26.7 Å². The molecule has 138 valence electrons. The highest BCUT2D eigenvalue weighted by Gasteiger charge is 2.31. The van der Waals surface area contributed by atoms with E-state index in [0.29, 0.717) is 17.6 Å². The molecule has 0 aliphatic carbocycles. The lowest BCUT2D eigenvalue weighted by atomic mass is 10.1. The number of carbonyl (C=O) groups excluding carboxylic acids is 1. The van der Waals surface area contributed by atoms with Crippen LogP contribution in [0.5, 0.6) is 0 Å². The summed E-state index contributed by atoms with van der Waals surface area (Å²) in [5.41, 5.74) is 4.50. The lowest BCUT2D eigenvalue weighted by Gasteiger charge is -2.32. The van der Waals surface area contributed by atoms with Crippen LogP contribution in [0, 0.1) is 13.8 Å². The lowest BCUT2D eigenvalue weighted by Crippen LogP contribution is -2.50. The summed E-state index contributed by atoms with van der Waals surface area (Å²) in [6.45, 7) is 6.98. The fourth-order valence-corrected chi connectivity index (χ4v) is 4.23. The van der Waals surface area contributed by atoms with Gasteiger partial charge in [-0.25, -0.2) is 0 Å². The number of hydrogen-bond donors (Lipinski definition) is 2. The van der Waals surface area contributed by atoms with Gasteiger partial charge in [-0.3, -0.25) is 14.4 Å². The maximum atomic E-state index is 12.7. The minimum Gasteiger partial charge on any atom is -0.319 e. The molecule has 26 heavy (non-hydrogen) atoms. The summed E-state index contributed by atoms with van der Waals surface area (Å²) < 4.78 is 1.79. The number of fused-ring (bicyclic) bond motifs is 2. The standard InChI is InChI=1S/C20H27N5O/c1-13-19(14(2)24(3)23-13)22-20(26)16-6-4-5-15(9-16)10-25-11-17-7-8-18(12-25)21-17/h4-6,9,17-18,21H,7-8,10-12H2,1-3H3,(H,22,26)/t17-,18+. The van der Waals surface area contributed by atoms with Gasteiger partial charge < -0.3 is 10.6 Å². The number of benzene rings is 1. The second kappa shape index (κ2) is 6.85. The number of likely N-dealkylation sites (tertiary alicyclic amines) is 1. The maximum Gasteiger partial charge on any atom is 0.255 e. The third-order valence-corrected chi connectivity index (χ3v) is 5.64. The predicted octanol–water partition coefficient (Wildman–Crippen LogP) is 2.23.